The highest BCUT2D eigenvalue weighted by Gasteiger charge is 2.16. The molecule has 3 aromatic carbocycles. The lowest BCUT2D eigenvalue weighted by Crippen LogP contribution is -2.13. The molecule has 4 aromatic rings. The molecule has 1 N–H and O–H groups in total. The van der Waals surface area contributed by atoms with Crippen molar-refractivity contribution < 1.29 is 9.21 Å². The van der Waals surface area contributed by atoms with Gasteiger partial charge < -0.3 is 9.73 Å². The van der Waals surface area contributed by atoms with Gasteiger partial charge in [0.25, 0.3) is 5.91 Å². The topological polar surface area (TPSA) is 55.1 Å². The molecular formula is C22H16Cl2N2O2. The molecule has 0 bridgehead atoms. The Morgan fingerprint density at radius 2 is 1.82 bits per heavy atom. The summed E-state index contributed by atoms with van der Waals surface area (Å²) in [5.41, 5.74) is 5.00. The van der Waals surface area contributed by atoms with Crippen LogP contribution in [0, 0.1) is 13.8 Å². The van der Waals surface area contributed by atoms with Crippen molar-refractivity contribution in [3.63, 3.8) is 0 Å². The van der Waals surface area contributed by atoms with Gasteiger partial charge in [0.2, 0.25) is 5.89 Å². The number of hydrogen-bond donors (Lipinski definition) is 1. The van der Waals surface area contributed by atoms with Crippen LogP contribution in [0.1, 0.15) is 21.5 Å². The molecule has 0 aliphatic rings. The second-order valence-electron chi connectivity index (χ2n) is 6.56. The third kappa shape index (κ3) is 3.49. The number of carbonyl (C=O) groups excluding carboxylic acids is 1. The van der Waals surface area contributed by atoms with Crippen molar-refractivity contribution in [2.45, 2.75) is 13.8 Å². The first kappa shape index (κ1) is 18.5. The van der Waals surface area contributed by atoms with E-state index in [9.17, 15) is 4.79 Å². The molecule has 0 spiro atoms. The average molecular weight is 411 g/mol. The van der Waals surface area contributed by atoms with Gasteiger partial charge in [-0.15, -0.1) is 0 Å². The number of amides is 1. The molecule has 6 heteroatoms. The minimum Gasteiger partial charge on any atom is -0.434 e. The van der Waals surface area contributed by atoms with Crippen LogP contribution in [0.4, 0.5) is 5.69 Å². The van der Waals surface area contributed by atoms with Crippen LogP contribution in [0.2, 0.25) is 10.0 Å². The van der Waals surface area contributed by atoms with Crippen molar-refractivity contribution >= 4 is 45.9 Å². The van der Waals surface area contributed by atoms with Crippen molar-refractivity contribution in [1.82, 2.24) is 4.98 Å². The zero-order valence-electron chi connectivity index (χ0n) is 15.2. The normalized spacial score (nSPS) is 11.0. The van der Waals surface area contributed by atoms with Crippen LogP contribution in [0.5, 0.6) is 0 Å². The van der Waals surface area contributed by atoms with E-state index in [2.05, 4.69) is 10.3 Å². The van der Waals surface area contributed by atoms with Gasteiger partial charge in [-0.05, 0) is 55.8 Å². The standard InChI is InChI=1S/C22H16Cl2N2O2/c1-12-5-3-6-14(9-12)21(27)25-18-8-4-7-16(13(18)2)22-26-19-11-15(23)10-17(24)20(19)28-22/h3-11H,1-2H3,(H,25,27). The number of benzene rings is 3. The van der Waals surface area contributed by atoms with E-state index < -0.39 is 0 Å². The zero-order valence-corrected chi connectivity index (χ0v) is 16.7. The Morgan fingerprint density at radius 3 is 2.61 bits per heavy atom. The molecule has 4 nitrogen and oxygen atoms in total. The summed E-state index contributed by atoms with van der Waals surface area (Å²) in [6.45, 7) is 3.86. The number of oxazole rings is 1. The van der Waals surface area contributed by atoms with Gasteiger partial charge in [0, 0.05) is 21.8 Å². The Morgan fingerprint density at radius 1 is 1.04 bits per heavy atom. The Bertz CT molecular complexity index is 1210. The minimum atomic E-state index is -0.170. The fraction of sp³-hybridized carbons (Fsp3) is 0.0909. The number of aryl methyl sites for hydroxylation is 1. The monoisotopic (exact) mass is 410 g/mol. The predicted octanol–water partition coefficient (Wildman–Crippen LogP) is 6.67. The molecule has 0 saturated carbocycles. The highest BCUT2D eigenvalue weighted by atomic mass is 35.5. The number of hydrogen-bond acceptors (Lipinski definition) is 3. The van der Waals surface area contributed by atoms with Crippen LogP contribution in [0.3, 0.4) is 0 Å². The first-order chi connectivity index (χ1) is 13.4. The lowest BCUT2D eigenvalue weighted by molar-refractivity contribution is 0.102. The molecule has 0 aliphatic heterocycles. The molecule has 28 heavy (non-hydrogen) atoms. The summed E-state index contributed by atoms with van der Waals surface area (Å²) in [4.78, 5) is 17.1. The molecule has 0 atom stereocenters. The summed E-state index contributed by atoms with van der Waals surface area (Å²) in [6, 6.07) is 16.3. The summed E-state index contributed by atoms with van der Waals surface area (Å²) in [5, 5.41) is 3.86. The second kappa shape index (κ2) is 7.30. The Kier molecular flexibility index (Phi) is 4.84. The number of fused-ring (bicyclic) bond motifs is 1. The van der Waals surface area contributed by atoms with Crippen LogP contribution >= 0.6 is 23.2 Å². The minimum absolute atomic E-state index is 0.170. The Labute approximate surface area is 172 Å². The van der Waals surface area contributed by atoms with Crippen LogP contribution in [0.25, 0.3) is 22.6 Å². The molecule has 140 valence electrons. The van der Waals surface area contributed by atoms with Gasteiger partial charge in [-0.25, -0.2) is 4.98 Å². The van der Waals surface area contributed by atoms with Crippen molar-refractivity contribution in [2.24, 2.45) is 0 Å². The number of rotatable bonds is 3. The lowest BCUT2D eigenvalue weighted by Gasteiger charge is -2.11. The van der Waals surface area contributed by atoms with Crippen LogP contribution in [-0.2, 0) is 0 Å². The van der Waals surface area contributed by atoms with Gasteiger partial charge in [-0.1, -0.05) is 47.0 Å². The molecule has 0 aliphatic carbocycles. The molecule has 4 rings (SSSR count). The van der Waals surface area contributed by atoms with Gasteiger partial charge in [0.15, 0.2) is 5.58 Å². The SMILES string of the molecule is Cc1cccc(C(=O)Nc2cccc(-c3nc4cc(Cl)cc(Cl)c4o3)c2C)c1. The van der Waals surface area contributed by atoms with Gasteiger partial charge in [-0.2, -0.15) is 0 Å². The van der Waals surface area contributed by atoms with Gasteiger partial charge in [0.1, 0.15) is 5.52 Å². The molecular weight excluding hydrogens is 395 g/mol. The van der Waals surface area contributed by atoms with E-state index in [1.165, 1.54) is 0 Å². The van der Waals surface area contributed by atoms with E-state index >= 15 is 0 Å². The maximum absolute atomic E-state index is 12.6. The summed E-state index contributed by atoms with van der Waals surface area (Å²) >= 11 is 12.3. The van der Waals surface area contributed by atoms with E-state index in [4.69, 9.17) is 27.6 Å². The van der Waals surface area contributed by atoms with Crippen molar-refractivity contribution in [1.29, 1.82) is 0 Å². The zero-order chi connectivity index (χ0) is 19.8. The highest BCUT2D eigenvalue weighted by molar-refractivity contribution is 6.38. The average Bonchev–Trinajstić information content (AvgIpc) is 3.07. The molecule has 0 radical (unpaired) electrons. The van der Waals surface area contributed by atoms with E-state index in [0.717, 1.165) is 16.7 Å². The quantitative estimate of drug-likeness (QED) is 0.410. The number of halogens is 2. The van der Waals surface area contributed by atoms with E-state index in [-0.39, 0.29) is 5.91 Å². The van der Waals surface area contributed by atoms with Gasteiger partial charge in [-0.3, -0.25) is 4.79 Å². The van der Waals surface area contributed by atoms with E-state index in [0.29, 0.717) is 38.3 Å². The number of aromatic nitrogens is 1. The first-order valence-corrected chi connectivity index (χ1v) is 9.41. The fourth-order valence-electron chi connectivity index (χ4n) is 3.06. The van der Waals surface area contributed by atoms with Crippen LogP contribution < -0.4 is 5.32 Å². The van der Waals surface area contributed by atoms with Crippen LogP contribution in [0.15, 0.2) is 59.0 Å². The molecule has 1 amide bonds. The van der Waals surface area contributed by atoms with Crippen molar-refractivity contribution in [3.8, 4) is 11.5 Å². The van der Waals surface area contributed by atoms with Crippen LogP contribution in [-0.4, -0.2) is 10.9 Å². The Balaban J connectivity index is 1.71. The third-order valence-corrected chi connectivity index (χ3v) is 5.00. The molecule has 1 heterocycles. The summed E-state index contributed by atoms with van der Waals surface area (Å²) in [7, 11) is 0. The number of carbonyl (C=O) groups is 1. The predicted molar refractivity (Wildman–Crippen MR) is 113 cm³/mol. The maximum Gasteiger partial charge on any atom is 0.255 e. The maximum atomic E-state index is 12.6. The summed E-state index contributed by atoms with van der Waals surface area (Å²) in [5.74, 6) is 0.250. The number of anilines is 1. The summed E-state index contributed by atoms with van der Waals surface area (Å²) < 4.78 is 5.87. The van der Waals surface area contributed by atoms with Gasteiger partial charge >= 0.3 is 0 Å². The number of nitrogens with zero attached hydrogens (tertiary/aromatic N) is 1. The highest BCUT2D eigenvalue weighted by Crippen LogP contribution is 2.34. The fourth-order valence-corrected chi connectivity index (χ4v) is 3.58. The Hall–Kier alpha value is -2.82. The van der Waals surface area contributed by atoms with Crippen molar-refractivity contribution in [3.05, 3.63) is 81.3 Å². The largest absolute Gasteiger partial charge is 0.434 e. The second-order valence-corrected chi connectivity index (χ2v) is 7.40. The first-order valence-electron chi connectivity index (χ1n) is 8.66. The lowest BCUT2D eigenvalue weighted by atomic mass is 10.1. The number of nitrogens with one attached hydrogen (secondary N) is 1. The van der Waals surface area contributed by atoms with Crippen molar-refractivity contribution in [2.75, 3.05) is 5.32 Å². The molecule has 1 aromatic heterocycles. The molecule has 0 fully saturated rings. The molecule has 0 saturated heterocycles. The van der Waals surface area contributed by atoms with E-state index in [1.54, 1.807) is 18.2 Å². The van der Waals surface area contributed by atoms with E-state index in [1.807, 2.05) is 50.2 Å². The third-order valence-electron chi connectivity index (χ3n) is 4.50. The molecule has 0 unspecified atom stereocenters. The smallest absolute Gasteiger partial charge is 0.255 e. The summed E-state index contributed by atoms with van der Waals surface area (Å²) in [6.07, 6.45) is 0. The van der Waals surface area contributed by atoms with Gasteiger partial charge in [0.05, 0.1) is 5.02 Å².